The van der Waals surface area contributed by atoms with Crippen molar-refractivity contribution in [2.75, 3.05) is 0 Å². The number of benzene rings is 4. The smallest absolute Gasteiger partial charge is 0.171 e. The Labute approximate surface area is 259 Å². The third-order valence-electron chi connectivity index (χ3n) is 6.18. The fourth-order valence-electron chi connectivity index (χ4n) is 3.85. The van der Waals surface area contributed by atoms with Gasteiger partial charge in [0.05, 0.1) is 0 Å². The number of fused-ring (bicyclic) bond motifs is 2. The molecule has 0 aliphatic heterocycles. The summed E-state index contributed by atoms with van der Waals surface area (Å²) in [7, 11) is 0. The molecule has 6 rings (SSSR count). The van der Waals surface area contributed by atoms with E-state index in [1.807, 2.05) is 60.7 Å². The van der Waals surface area contributed by atoms with Gasteiger partial charge in [-0.05, 0) is 10.8 Å². The second-order valence-corrected chi connectivity index (χ2v) is 11.4. The Kier molecular flexibility index (Phi) is 14.3. The largest absolute Gasteiger partial charge is 0.184 e. The number of hydrogen-bond donors (Lipinski definition) is 0. The van der Waals surface area contributed by atoms with Crippen molar-refractivity contribution in [3.05, 3.63) is 157 Å². The molecule has 0 unspecified atom stereocenters. The molecule has 6 aromatic carbocycles. The summed E-state index contributed by atoms with van der Waals surface area (Å²) in [5.74, 6) is 0. The molecule has 0 amide bonds. The minimum atomic E-state index is 0.263. The van der Waals surface area contributed by atoms with Crippen LogP contribution in [-0.2, 0) is 34.2 Å². The fourth-order valence-corrected chi connectivity index (χ4v) is 3.85. The van der Waals surface area contributed by atoms with Gasteiger partial charge in [0.25, 0.3) is 0 Å². The van der Waals surface area contributed by atoms with E-state index in [1.54, 1.807) is 0 Å². The second-order valence-electron chi connectivity index (χ2n) is 11.4. The van der Waals surface area contributed by atoms with Crippen molar-refractivity contribution < 1.29 is 23.3 Å². The van der Waals surface area contributed by atoms with Crippen molar-refractivity contribution in [1.29, 1.82) is 0 Å². The van der Waals surface area contributed by atoms with Gasteiger partial charge in [-0.1, -0.05) is 53.7 Å². The van der Waals surface area contributed by atoms with Crippen LogP contribution in [0.1, 0.15) is 52.7 Å². The van der Waals surface area contributed by atoms with Crippen LogP contribution in [0.25, 0.3) is 21.5 Å². The van der Waals surface area contributed by atoms with Crippen LogP contribution in [0.2, 0.25) is 0 Å². The first-order valence-electron chi connectivity index (χ1n) is 13.5. The zero-order chi connectivity index (χ0) is 29.4. The van der Waals surface area contributed by atoms with Crippen LogP contribution < -0.4 is 0 Å². The molecular formula is C38H40SiZr-4. The Morgan fingerprint density at radius 1 is 0.500 bits per heavy atom. The van der Waals surface area contributed by atoms with E-state index in [0.29, 0.717) is 0 Å². The van der Waals surface area contributed by atoms with E-state index in [-0.39, 0.29) is 10.8 Å². The molecule has 0 aromatic heterocycles. The molecule has 0 fully saturated rings. The first-order chi connectivity index (χ1) is 19.1. The Balaban J connectivity index is 0.000000194. The van der Waals surface area contributed by atoms with Crippen LogP contribution in [0, 0.1) is 12.1 Å². The average Bonchev–Trinajstić information content (AvgIpc) is 3.62. The SMILES string of the molecule is CC(C)(C)c1cc2ccccc2[cH-]1.CC(C)(C)c1cc2ccccc2[cH-]1.[Si]=[Zr].[c-]1ccccc1.[c-]1ccccc1. The van der Waals surface area contributed by atoms with Crippen LogP contribution in [0.5, 0.6) is 0 Å². The summed E-state index contributed by atoms with van der Waals surface area (Å²) in [4.78, 5) is 0. The van der Waals surface area contributed by atoms with Gasteiger partial charge in [0.1, 0.15) is 0 Å². The molecule has 0 aliphatic rings. The molecule has 2 heteroatoms. The Morgan fingerprint density at radius 3 is 1.05 bits per heavy atom. The maximum absolute atomic E-state index is 3.06. The van der Waals surface area contributed by atoms with E-state index in [4.69, 9.17) is 0 Å². The molecule has 204 valence electrons. The summed E-state index contributed by atoms with van der Waals surface area (Å²) in [6.07, 6.45) is 0. The topological polar surface area (TPSA) is 0 Å². The van der Waals surface area contributed by atoms with Gasteiger partial charge in [0.2, 0.25) is 0 Å². The van der Waals surface area contributed by atoms with Gasteiger partial charge in [-0.2, -0.15) is 84.9 Å². The van der Waals surface area contributed by atoms with Crippen molar-refractivity contribution >= 4 is 28.4 Å². The summed E-state index contributed by atoms with van der Waals surface area (Å²) in [5.41, 5.74) is 3.38. The number of hydrogen-bond acceptors (Lipinski definition) is 0. The molecule has 0 atom stereocenters. The molecule has 0 saturated carbocycles. The van der Waals surface area contributed by atoms with Crippen LogP contribution in [-0.4, -0.2) is 6.88 Å². The standard InChI is InChI=1S/2C13H15.2C6H5.Si.Zr/c2*1-13(2,3)12-8-10-6-4-5-7-11(10)9-12;2*1-2-4-6-5-3-1;;/h2*4-9H,1-3H3;2*1-5H;;/q4*-1;;. The van der Waals surface area contributed by atoms with Crippen molar-refractivity contribution in [1.82, 2.24) is 0 Å². The minimum Gasteiger partial charge on any atom is -0.184 e. The van der Waals surface area contributed by atoms with Gasteiger partial charge in [-0.15, -0.1) is 81.2 Å². The Hall–Kier alpha value is -2.80. The van der Waals surface area contributed by atoms with Crippen LogP contribution in [0.15, 0.2) is 133 Å². The molecule has 2 radical (unpaired) electrons. The molecule has 6 aromatic rings. The second kappa shape index (κ2) is 17.1. The minimum absolute atomic E-state index is 0.263. The monoisotopic (exact) mass is 614 g/mol. The first kappa shape index (κ1) is 33.4. The predicted octanol–water partition coefficient (Wildman–Crippen LogP) is 10.3. The zero-order valence-electron chi connectivity index (χ0n) is 24.7. The van der Waals surface area contributed by atoms with Gasteiger partial charge in [0.15, 0.2) is 0 Å². The normalized spacial score (nSPS) is 10.4. The van der Waals surface area contributed by atoms with E-state index < -0.39 is 0 Å². The zero-order valence-corrected chi connectivity index (χ0v) is 28.2. The molecule has 0 bridgehead atoms. The quantitative estimate of drug-likeness (QED) is 0.118. The van der Waals surface area contributed by atoms with Gasteiger partial charge in [-0.3, -0.25) is 0 Å². The van der Waals surface area contributed by atoms with Crippen molar-refractivity contribution in [2.45, 2.75) is 52.4 Å². The summed E-state index contributed by atoms with van der Waals surface area (Å²) < 4.78 is 0. The molecule has 0 spiro atoms. The van der Waals surface area contributed by atoms with Gasteiger partial charge >= 0.3 is 30.2 Å². The maximum atomic E-state index is 3.06. The molecule has 0 nitrogen and oxygen atoms in total. The van der Waals surface area contributed by atoms with Crippen molar-refractivity contribution in [2.24, 2.45) is 0 Å². The van der Waals surface area contributed by atoms with Gasteiger partial charge in [-0.25, -0.2) is 0 Å². The van der Waals surface area contributed by atoms with Crippen LogP contribution in [0.4, 0.5) is 0 Å². The molecule has 0 saturated heterocycles. The van der Waals surface area contributed by atoms with E-state index in [0.717, 1.165) is 0 Å². The average molecular weight is 616 g/mol. The maximum Gasteiger partial charge on any atom is -0.171 e. The predicted molar refractivity (Wildman–Crippen MR) is 173 cm³/mol. The summed E-state index contributed by atoms with van der Waals surface area (Å²) >= 11 is 1.36. The van der Waals surface area contributed by atoms with E-state index in [9.17, 15) is 0 Å². The van der Waals surface area contributed by atoms with E-state index in [2.05, 4.69) is 133 Å². The van der Waals surface area contributed by atoms with Crippen molar-refractivity contribution in [3.8, 4) is 0 Å². The summed E-state index contributed by atoms with van der Waals surface area (Å²) in [5, 5.41) is 5.42. The van der Waals surface area contributed by atoms with Crippen molar-refractivity contribution in [3.63, 3.8) is 0 Å². The molecule has 0 aliphatic carbocycles. The third kappa shape index (κ3) is 11.7. The Bertz CT molecular complexity index is 1240. The summed E-state index contributed by atoms with van der Waals surface area (Å²) in [6.45, 7) is 16.6. The van der Waals surface area contributed by atoms with Gasteiger partial charge in [0, 0.05) is 0 Å². The third-order valence-corrected chi connectivity index (χ3v) is 6.18. The molecular weight excluding hydrogens is 576 g/mol. The van der Waals surface area contributed by atoms with Crippen LogP contribution in [0.3, 0.4) is 0 Å². The first-order valence-corrected chi connectivity index (χ1v) is 17.7. The number of rotatable bonds is 0. The molecule has 0 heterocycles. The molecule has 0 N–H and O–H groups in total. The fraction of sp³-hybridized carbons (Fsp3) is 0.211. The van der Waals surface area contributed by atoms with Crippen LogP contribution >= 0.6 is 0 Å². The molecule has 40 heavy (non-hydrogen) atoms. The van der Waals surface area contributed by atoms with E-state index in [1.165, 1.54) is 56.0 Å². The van der Waals surface area contributed by atoms with Gasteiger partial charge < -0.3 is 0 Å². The van der Waals surface area contributed by atoms with E-state index >= 15 is 0 Å². The Morgan fingerprint density at radius 2 is 0.825 bits per heavy atom. The summed E-state index contributed by atoms with van der Waals surface area (Å²) in [6, 6.07) is 51.2.